The number of aryl methyl sites for hydroxylation is 1. The average molecular weight is 435 g/mol. The number of likely N-dealkylation sites (N-methyl/N-ethyl adjacent to an activating group) is 1. The van der Waals surface area contributed by atoms with E-state index in [-0.39, 0.29) is 11.8 Å². The van der Waals surface area contributed by atoms with E-state index in [0.29, 0.717) is 23.4 Å². The maximum Gasteiger partial charge on any atom is 0.228 e. The molecule has 1 aliphatic heterocycles. The molecular weight excluding hydrogens is 404 g/mol. The maximum absolute atomic E-state index is 12.9. The van der Waals surface area contributed by atoms with Gasteiger partial charge in [-0.15, -0.1) is 0 Å². The molecule has 4 heterocycles. The molecule has 8 nitrogen and oxygen atoms in total. The minimum Gasteiger partial charge on any atom is -0.449 e. The lowest BCUT2D eigenvalue weighted by atomic mass is 9.84. The van der Waals surface area contributed by atoms with Gasteiger partial charge in [-0.2, -0.15) is 0 Å². The molecule has 0 radical (unpaired) electrons. The van der Waals surface area contributed by atoms with Crippen molar-refractivity contribution in [3.05, 3.63) is 36.5 Å². The maximum atomic E-state index is 12.9. The molecule has 0 bridgehead atoms. The van der Waals surface area contributed by atoms with E-state index in [1.165, 1.54) is 0 Å². The Bertz CT molecular complexity index is 1100. The molecular formula is C24H30N6O2. The lowest BCUT2D eigenvalue weighted by Crippen LogP contribution is -2.50. The van der Waals surface area contributed by atoms with Crippen LogP contribution in [0.5, 0.6) is 0 Å². The summed E-state index contributed by atoms with van der Waals surface area (Å²) in [6.07, 6.45) is 7.41. The molecule has 1 saturated carbocycles. The summed E-state index contributed by atoms with van der Waals surface area (Å²) < 4.78 is 5.30. The van der Waals surface area contributed by atoms with Crippen LogP contribution in [-0.4, -0.2) is 69.9 Å². The van der Waals surface area contributed by atoms with Crippen LogP contribution in [0, 0.1) is 12.8 Å². The summed E-state index contributed by atoms with van der Waals surface area (Å²) in [6.45, 7) is 6.37. The number of rotatable bonds is 4. The zero-order valence-corrected chi connectivity index (χ0v) is 18.8. The highest BCUT2D eigenvalue weighted by molar-refractivity contribution is 5.93. The normalized spacial score (nSPS) is 22.8. The summed E-state index contributed by atoms with van der Waals surface area (Å²) in [4.78, 5) is 31.4. The van der Waals surface area contributed by atoms with Gasteiger partial charge in [0, 0.05) is 62.7 Å². The van der Waals surface area contributed by atoms with Crippen molar-refractivity contribution >= 4 is 22.6 Å². The van der Waals surface area contributed by atoms with Gasteiger partial charge in [0.2, 0.25) is 5.91 Å². The quantitative estimate of drug-likeness (QED) is 0.674. The molecule has 0 spiro atoms. The van der Waals surface area contributed by atoms with E-state index in [1.54, 1.807) is 19.4 Å². The molecule has 1 amide bonds. The average Bonchev–Trinajstić information content (AvgIpc) is 3.25. The molecule has 8 heteroatoms. The second-order valence-electron chi connectivity index (χ2n) is 9.04. The van der Waals surface area contributed by atoms with E-state index < -0.39 is 0 Å². The third-order valence-electron chi connectivity index (χ3n) is 6.83. The minimum atomic E-state index is 0.0496. The van der Waals surface area contributed by atoms with E-state index >= 15 is 0 Å². The smallest absolute Gasteiger partial charge is 0.228 e. The van der Waals surface area contributed by atoms with Crippen molar-refractivity contribution in [2.75, 3.05) is 38.5 Å². The molecule has 1 aliphatic carbocycles. The molecule has 2 fully saturated rings. The van der Waals surface area contributed by atoms with E-state index in [4.69, 9.17) is 4.42 Å². The van der Waals surface area contributed by atoms with E-state index in [2.05, 4.69) is 37.1 Å². The molecule has 3 aromatic heterocycles. The van der Waals surface area contributed by atoms with Gasteiger partial charge < -0.3 is 14.6 Å². The summed E-state index contributed by atoms with van der Waals surface area (Å²) in [6, 6.07) is 6.31. The number of nitrogens with zero attached hydrogens (tertiary/aromatic N) is 5. The minimum absolute atomic E-state index is 0.0496. The first-order chi connectivity index (χ1) is 15.5. The van der Waals surface area contributed by atoms with Gasteiger partial charge in [0.1, 0.15) is 17.8 Å². The number of oxazole rings is 1. The van der Waals surface area contributed by atoms with Crippen molar-refractivity contribution in [2.24, 2.45) is 5.92 Å². The largest absolute Gasteiger partial charge is 0.449 e. The van der Waals surface area contributed by atoms with Crippen LogP contribution in [0.1, 0.15) is 31.6 Å². The second kappa shape index (κ2) is 8.96. The number of carbonyl (C=O) groups is 1. The predicted molar refractivity (Wildman–Crippen MR) is 123 cm³/mol. The highest BCUT2D eigenvalue weighted by atomic mass is 16.3. The van der Waals surface area contributed by atoms with Crippen molar-refractivity contribution in [1.82, 2.24) is 24.8 Å². The van der Waals surface area contributed by atoms with Crippen LogP contribution in [-0.2, 0) is 4.79 Å². The number of aromatic nitrogens is 3. The molecule has 0 atom stereocenters. The topological polar surface area (TPSA) is 87.4 Å². The van der Waals surface area contributed by atoms with Crippen molar-refractivity contribution < 1.29 is 9.21 Å². The zero-order chi connectivity index (χ0) is 22.1. The summed E-state index contributed by atoms with van der Waals surface area (Å²) in [5.41, 5.74) is 2.20. The Balaban J connectivity index is 1.22. The van der Waals surface area contributed by atoms with Crippen molar-refractivity contribution in [1.29, 1.82) is 0 Å². The summed E-state index contributed by atoms with van der Waals surface area (Å²) in [7, 11) is 2.19. The summed E-state index contributed by atoms with van der Waals surface area (Å²) in [5, 5.41) is 3.94. The lowest BCUT2D eigenvalue weighted by molar-refractivity contribution is -0.121. The number of amides is 1. The van der Waals surface area contributed by atoms with E-state index in [9.17, 15) is 4.79 Å². The van der Waals surface area contributed by atoms with Crippen LogP contribution in [0.3, 0.4) is 0 Å². The molecule has 1 saturated heterocycles. The number of carbonyl (C=O) groups excluding carboxylic acids is 1. The van der Waals surface area contributed by atoms with E-state index in [0.717, 1.165) is 68.5 Å². The van der Waals surface area contributed by atoms with Gasteiger partial charge in [-0.3, -0.25) is 9.69 Å². The van der Waals surface area contributed by atoms with Gasteiger partial charge in [-0.1, -0.05) is 0 Å². The van der Waals surface area contributed by atoms with Crippen LogP contribution >= 0.6 is 0 Å². The van der Waals surface area contributed by atoms with Gasteiger partial charge >= 0.3 is 0 Å². The van der Waals surface area contributed by atoms with Gasteiger partial charge in [-0.05, 0) is 44.9 Å². The Kier molecular flexibility index (Phi) is 5.89. The Morgan fingerprint density at radius 1 is 1.06 bits per heavy atom. The molecule has 32 heavy (non-hydrogen) atoms. The van der Waals surface area contributed by atoms with Crippen LogP contribution in [0.2, 0.25) is 0 Å². The molecule has 1 N–H and O–H groups in total. The predicted octanol–water partition coefficient (Wildman–Crippen LogP) is 3.34. The van der Waals surface area contributed by atoms with Crippen LogP contribution < -0.4 is 5.32 Å². The third kappa shape index (κ3) is 4.52. The second-order valence-corrected chi connectivity index (χ2v) is 9.04. The first kappa shape index (κ1) is 21.0. The molecule has 168 valence electrons. The molecule has 3 aromatic rings. The SMILES string of the molecule is Cc1nc(-c2ccc3cnc(NC(=O)[C@H]4CC[C@H](N5CCN(C)CC5)CC4)cc3n2)co1. The van der Waals surface area contributed by atoms with Crippen molar-refractivity contribution in [2.45, 2.75) is 38.6 Å². The van der Waals surface area contributed by atoms with Crippen LogP contribution in [0.25, 0.3) is 22.3 Å². The van der Waals surface area contributed by atoms with E-state index in [1.807, 2.05) is 18.2 Å². The number of hydrogen-bond donors (Lipinski definition) is 1. The number of piperazine rings is 1. The summed E-state index contributed by atoms with van der Waals surface area (Å²) in [5.74, 6) is 1.27. The number of pyridine rings is 2. The van der Waals surface area contributed by atoms with Crippen molar-refractivity contribution in [3.8, 4) is 11.4 Å². The van der Waals surface area contributed by atoms with Gasteiger partial charge in [0.25, 0.3) is 0 Å². The fourth-order valence-electron chi connectivity index (χ4n) is 4.83. The molecule has 0 aromatic carbocycles. The summed E-state index contributed by atoms with van der Waals surface area (Å²) >= 11 is 0. The van der Waals surface area contributed by atoms with Crippen molar-refractivity contribution in [3.63, 3.8) is 0 Å². The Morgan fingerprint density at radius 3 is 2.56 bits per heavy atom. The number of hydrogen-bond acceptors (Lipinski definition) is 7. The third-order valence-corrected chi connectivity index (χ3v) is 6.83. The monoisotopic (exact) mass is 434 g/mol. The first-order valence-corrected chi connectivity index (χ1v) is 11.5. The zero-order valence-electron chi connectivity index (χ0n) is 18.8. The molecule has 2 aliphatic rings. The highest BCUT2D eigenvalue weighted by Crippen LogP contribution is 2.29. The Morgan fingerprint density at radius 2 is 1.84 bits per heavy atom. The molecule has 5 rings (SSSR count). The number of nitrogens with one attached hydrogen (secondary N) is 1. The van der Waals surface area contributed by atoms with Crippen LogP contribution in [0.4, 0.5) is 5.82 Å². The first-order valence-electron chi connectivity index (χ1n) is 11.5. The Labute approximate surface area is 188 Å². The highest BCUT2D eigenvalue weighted by Gasteiger charge is 2.30. The van der Waals surface area contributed by atoms with Crippen LogP contribution in [0.15, 0.2) is 35.1 Å². The van der Waals surface area contributed by atoms with Gasteiger partial charge in [0.15, 0.2) is 5.89 Å². The fourth-order valence-corrected chi connectivity index (χ4v) is 4.83. The molecule has 0 unspecified atom stereocenters. The van der Waals surface area contributed by atoms with Gasteiger partial charge in [-0.25, -0.2) is 15.0 Å². The Hall–Kier alpha value is -2.84. The standard InChI is InChI=1S/C24H30N6O2/c1-16-26-22(15-32-16)20-8-5-18-14-25-23(13-21(18)27-20)28-24(31)17-3-6-19(7-4-17)30-11-9-29(2)10-12-30/h5,8,13-15,17,19H,3-4,6-7,9-12H2,1-2H3,(H,25,28,31)/t17-,19-. The number of fused-ring (bicyclic) bond motifs is 1. The number of anilines is 1. The lowest BCUT2D eigenvalue weighted by Gasteiger charge is -2.40. The fraction of sp³-hybridized carbons (Fsp3) is 0.500. The van der Waals surface area contributed by atoms with Gasteiger partial charge in [0.05, 0.1) is 11.2 Å².